The Morgan fingerprint density at radius 3 is 2.62 bits per heavy atom. The zero-order valence-electron chi connectivity index (χ0n) is 8.30. The largest absolute Gasteiger partial charge is 0.130 e. The molecule has 0 aliphatic heterocycles. The van der Waals surface area contributed by atoms with Crippen LogP contribution >= 0.6 is 27.7 Å². The molecule has 2 heteroatoms. The maximum atomic E-state index is 3.55. The van der Waals surface area contributed by atoms with Crippen molar-refractivity contribution in [3.8, 4) is 0 Å². The lowest BCUT2D eigenvalue weighted by Gasteiger charge is -2.22. The summed E-state index contributed by atoms with van der Waals surface area (Å²) in [5.41, 5.74) is 1.63. The van der Waals surface area contributed by atoms with Crippen molar-refractivity contribution in [1.82, 2.24) is 0 Å². The summed E-state index contributed by atoms with van der Waals surface area (Å²) in [5.74, 6) is 0. The van der Waals surface area contributed by atoms with Gasteiger partial charge < -0.3 is 0 Å². The molecule has 0 amide bonds. The van der Waals surface area contributed by atoms with E-state index in [1.54, 1.807) is 11.8 Å². The normalized spacial score (nSPS) is 11.7. The molecule has 0 saturated heterocycles. The summed E-state index contributed by atoms with van der Waals surface area (Å²) < 4.78 is 0. The molecule has 0 N–H and O–H groups in total. The summed E-state index contributed by atoms with van der Waals surface area (Å²) in [5, 5.41) is 0.998. The molecule has 0 nitrogen and oxygen atoms in total. The first-order chi connectivity index (χ1) is 6.10. The minimum atomic E-state index is 0.228. The predicted molar refractivity (Wildman–Crippen MR) is 65.0 cm³/mol. The van der Waals surface area contributed by atoms with Crippen molar-refractivity contribution in [3.05, 3.63) is 29.8 Å². The van der Waals surface area contributed by atoms with Crippen molar-refractivity contribution in [2.75, 3.05) is 11.6 Å². The first-order valence-electron chi connectivity index (χ1n) is 4.30. The molecular weight excluding hydrogens is 244 g/mol. The Labute approximate surface area is 93.2 Å². The molecule has 0 aliphatic carbocycles. The maximum absolute atomic E-state index is 3.55. The summed E-state index contributed by atoms with van der Waals surface area (Å²) in [6, 6.07) is 8.75. The Balaban J connectivity index is 3.01. The van der Waals surface area contributed by atoms with E-state index in [1.807, 2.05) is 0 Å². The van der Waals surface area contributed by atoms with Crippen LogP contribution in [0, 0.1) is 0 Å². The average Bonchev–Trinajstić information content (AvgIpc) is 2.18. The minimum absolute atomic E-state index is 0.228. The molecule has 13 heavy (non-hydrogen) atoms. The second-order valence-electron chi connectivity index (χ2n) is 3.75. The van der Waals surface area contributed by atoms with Gasteiger partial charge in [-0.2, -0.15) is 0 Å². The van der Waals surface area contributed by atoms with Crippen LogP contribution in [0.5, 0.6) is 0 Å². The van der Waals surface area contributed by atoms with E-state index in [0.29, 0.717) is 0 Å². The van der Waals surface area contributed by atoms with E-state index in [0.717, 1.165) is 5.33 Å². The predicted octanol–water partition coefficient (Wildman–Crippen LogP) is 4.08. The highest BCUT2D eigenvalue weighted by atomic mass is 79.9. The van der Waals surface area contributed by atoms with E-state index in [1.165, 1.54) is 10.5 Å². The Morgan fingerprint density at radius 2 is 2.08 bits per heavy atom. The fourth-order valence-electron chi connectivity index (χ4n) is 1.12. The van der Waals surface area contributed by atoms with Gasteiger partial charge in [0.1, 0.15) is 0 Å². The lowest BCUT2D eigenvalue weighted by Crippen LogP contribution is -2.18. The smallest absolute Gasteiger partial charge is 0.0123 e. The van der Waals surface area contributed by atoms with Crippen molar-refractivity contribution in [3.63, 3.8) is 0 Å². The van der Waals surface area contributed by atoms with E-state index in [2.05, 4.69) is 60.3 Å². The van der Waals surface area contributed by atoms with Crippen LogP contribution in [0.4, 0.5) is 0 Å². The quantitative estimate of drug-likeness (QED) is 0.582. The molecule has 0 heterocycles. The summed E-state index contributed by atoms with van der Waals surface area (Å²) in [7, 11) is 0. The maximum Gasteiger partial charge on any atom is 0.0123 e. The minimum Gasteiger partial charge on any atom is -0.130 e. The molecule has 0 saturated carbocycles. The Hall–Kier alpha value is 0.0500. The first-order valence-corrected chi connectivity index (χ1v) is 6.65. The third-order valence-corrected chi connectivity index (χ3v) is 4.31. The number of hydrogen-bond donors (Lipinski definition) is 0. The van der Waals surface area contributed by atoms with E-state index in [-0.39, 0.29) is 5.41 Å². The molecule has 1 aromatic rings. The number of alkyl halides is 1. The zero-order valence-corrected chi connectivity index (χ0v) is 10.7. The zero-order chi connectivity index (χ0) is 9.90. The van der Waals surface area contributed by atoms with Gasteiger partial charge in [0.05, 0.1) is 0 Å². The molecule has 0 atom stereocenters. The van der Waals surface area contributed by atoms with Gasteiger partial charge in [0, 0.05) is 10.2 Å². The lowest BCUT2D eigenvalue weighted by molar-refractivity contribution is 0.605. The van der Waals surface area contributed by atoms with Gasteiger partial charge >= 0.3 is 0 Å². The highest BCUT2D eigenvalue weighted by Gasteiger charge is 2.18. The number of hydrogen-bond acceptors (Lipinski definition) is 1. The molecule has 0 fully saturated rings. The van der Waals surface area contributed by atoms with Crippen molar-refractivity contribution < 1.29 is 0 Å². The standard InChI is InChI=1S/C11H15BrS/c1-11(2,8-12)9-5-4-6-10(7-9)13-3/h4-7H,8H2,1-3H3. The van der Waals surface area contributed by atoms with Crippen LogP contribution in [0.15, 0.2) is 29.2 Å². The highest BCUT2D eigenvalue weighted by Crippen LogP contribution is 2.28. The van der Waals surface area contributed by atoms with Gasteiger partial charge in [-0.25, -0.2) is 0 Å². The molecule has 72 valence electrons. The second-order valence-corrected chi connectivity index (χ2v) is 5.19. The fraction of sp³-hybridized carbons (Fsp3) is 0.455. The van der Waals surface area contributed by atoms with Crippen molar-refractivity contribution >= 4 is 27.7 Å². The molecule has 1 aromatic carbocycles. The molecular formula is C11H15BrS. The highest BCUT2D eigenvalue weighted by molar-refractivity contribution is 9.09. The Kier molecular flexibility index (Phi) is 3.87. The number of thioether (sulfide) groups is 1. The molecule has 1 rings (SSSR count). The number of halogens is 1. The van der Waals surface area contributed by atoms with Crippen LogP contribution in [-0.2, 0) is 5.41 Å². The summed E-state index contributed by atoms with van der Waals surface area (Å²) in [6.45, 7) is 4.50. The fourth-order valence-corrected chi connectivity index (χ4v) is 1.90. The molecule has 0 radical (unpaired) electrons. The SMILES string of the molecule is CSc1cccc(C(C)(C)CBr)c1. The van der Waals surface area contributed by atoms with Crippen LogP contribution in [0.25, 0.3) is 0 Å². The molecule has 0 unspecified atom stereocenters. The van der Waals surface area contributed by atoms with Crippen LogP contribution in [0.3, 0.4) is 0 Å². The third kappa shape index (κ3) is 2.75. The van der Waals surface area contributed by atoms with Gasteiger partial charge in [0.2, 0.25) is 0 Å². The van der Waals surface area contributed by atoms with Gasteiger partial charge in [-0.3, -0.25) is 0 Å². The van der Waals surface area contributed by atoms with Crippen LogP contribution in [0.1, 0.15) is 19.4 Å². The number of rotatable bonds is 3. The molecule has 0 spiro atoms. The summed E-state index contributed by atoms with van der Waals surface area (Å²) >= 11 is 5.34. The topological polar surface area (TPSA) is 0 Å². The Morgan fingerprint density at radius 1 is 1.38 bits per heavy atom. The van der Waals surface area contributed by atoms with Gasteiger partial charge in [0.15, 0.2) is 0 Å². The van der Waals surface area contributed by atoms with Crippen molar-refractivity contribution in [1.29, 1.82) is 0 Å². The molecule has 0 aromatic heterocycles. The van der Waals surface area contributed by atoms with E-state index in [9.17, 15) is 0 Å². The van der Waals surface area contributed by atoms with E-state index in [4.69, 9.17) is 0 Å². The van der Waals surface area contributed by atoms with Crippen LogP contribution < -0.4 is 0 Å². The van der Waals surface area contributed by atoms with E-state index >= 15 is 0 Å². The second kappa shape index (κ2) is 4.52. The first kappa shape index (κ1) is 11.1. The number of benzene rings is 1. The molecule has 0 aliphatic rings. The van der Waals surface area contributed by atoms with Crippen molar-refractivity contribution in [2.45, 2.75) is 24.2 Å². The summed E-state index contributed by atoms with van der Waals surface area (Å²) in [6.07, 6.45) is 2.11. The lowest BCUT2D eigenvalue weighted by atomic mass is 9.87. The van der Waals surface area contributed by atoms with Gasteiger partial charge in [-0.1, -0.05) is 41.9 Å². The Bertz CT molecular complexity index is 281. The third-order valence-electron chi connectivity index (χ3n) is 2.19. The van der Waals surface area contributed by atoms with Gasteiger partial charge in [-0.15, -0.1) is 11.8 Å². The van der Waals surface area contributed by atoms with Gasteiger partial charge in [0.25, 0.3) is 0 Å². The average molecular weight is 259 g/mol. The van der Waals surface area contributed by atoms with E-state index < -0.39 is 0 Å². The van der Waals surface area contributed by atoms with Crippen LogP contribution in [0.2, 0.25) is 0 Å². The molecule has 0 bridgehead atoms. The monoisotopic (exact) mass is 258 g/mol. The van der Waals surface area contributed by atoms with Crippen molar-refractivity contribution in [2.24, 2.45) is 0 Å². The van der Waals surface area contributed by atoms with Gasteiger partial charge in [-0.05, 0) is 29.4 Å². The summed E-state index contributed by atoms with van der Waals surface area (Å²) in [4.78, 5) is 1.34. The van der Waals surface area contributed by atoms with Crippen LogP contribution in [-0.4, -0.2) is 11.6 Å².